The number of carbonyl (C=O) groups excluding carboxylic acids is 1. The third-order valence-corrected chi connectivity index (χ3v) is 4.94. The SMILES string of the molecule is CN1CCN(C(=O)CNCC2(C3CC3)CC2)CC1. The van der Waals surface area contributed by atoms with E-state index in [4.69, 9.17) is 0 Å². The quantitative estimate of drug-likeness (QED) is 0.775. The number of amides is 1. The molecule has 0 atom stereocenters. The lowest BCUT2D eigenvalue weighted by Gasteiger charge is -2.32. The fourth-order valence-corrected chi connectivity index (χ4v) is 3.17. The van der Waals surface area contributed by atoms with E-state index >= 15 is 0 Å². The van der Waals surface area contributed by atoms with Crippen molar-refractivity contribution >= 4 is 5.91 Å². The monoisotopic (exact) mass is 251 g/mol. The largest absolute Gasteiger partial charge is 0.339 e. The maximum Gasteiger partial charge on any atom is 0.236 e. The summed E-state index contributed by atoms with van der Waals surface area (Å²) in [7, 11) is 2.12. The van der Waals surface area contributed by atoms with E-state index in [0.717, 1.165) is 38.6 Å². The van der Waals surface area contributed by atoms with Crippen molar-refractivity contribution < 1.29 is 4.79 Å². The van der Waals surface area contributed by atoms with Crippen LogP contribution >= 0.6 is 0 Å². The van der Waals surface area contributed by atoms with Gasteiger partial charge in [-0.1, -0.05) is 0 Å². The Labute approximate surface area is 110 Å². The summed E-state index contributed by atoms with van der Waals surface area (Å²) in [6.07, 6.45) is 5.61. The van der Waals surface area contributed by atoms with Gasteiger partial charge in [0, 0.05) is 32.7 Å². The first kappa shape index (κ1) is 12.4. The van der Waals surface area contributed by atoms with Gasteiger partial charge in [0.15, 0.2) is 0 Å². The van der Waals surface area contributed by atoms with E-state index < -0.39 is 0 Å². The molecule has 1 aliphatic heterocycles. The number of carbonyl (C=O) groups is 1. The molecule has 1 heterocycles. The number of hydrogen-bond donors (Lipinski definition) is 1. The fourth-order valence-electron chi connectivity index (χ4n) is 3.17. The number of nitrogens with zero attached hydrogens (tertiary/aromatic N) is 2. The van der Waals surface area contributed by atoms with Gasteiger partial charge in [0.05, 0.1) is 6.54 Å². The molecule has 2 saturated carbocycles. The summed E-state index contributed by atoms with van der Waals surface area (Å²) in [6.45, 7) is 5.42. The van der Waals surface area contributed by atoms with Crippen molar-refractivity contribution in [2.45, 2.75) is 25.7 Å². The predicted octanol–water partition coefficient (Wildman–Crippen LogP) is 0.540. The molecule has 0 radical (unpaired) electrons. The summed E-state index contributed by atoms with van der Waals surface area (Å²) in [4.78, 5) is 16.3. The van der Waals surface area contributed by atoms with Crippen molar-refractivity contribution in [3.05, 3.63) is 0 Å². The molecule has 4 nitrogen and oxygen atoms in total. The van der Waals surface area contributed by atoms with Gasteiger partial charge < -0.3 is 15.1 Å². The summed E-state index contributed by atoms with van der Waals surface area (Å²) >= 11 is 0. The minimum absolute atomic E-state index is 0.287. The third kappa shape index (κ3) is 2.69. The normalized spacial score (nSPS) is 27.3. The average Bonchev–Trinajstić information content (AvgIpc) is 3.23. The molecule has 102 valence electrons. The number of nitrogens with one attached hydrogen (secondary N) is 1. The average molecular weight is 251 g/mol. The van der Waals surface area contributed by atoms with Crippen molar-refractivity contribution in [1.82, 2.24) is 15.1 Å². The van der Waals surface area contributed by atoms with E-state index in [-0.39, 0.29) is 5.91 Å². The molecular weight excluding hydrogens is 226 g/mol. The van der Waals surface area contributed by atoms with Gasteiger partial charge >= 0.3 is 0 Å². The van der Waals surface area contributed by atoms with Crippen LogP contribution in [0.15, 0.2) is 0 Å². The van der Waals surface area contributed by atoms with Crippen molar-refractivity contribution in [3.63, 3.8) is 0 Å². The Morgan fingerprint density at radius 1 is 1.22 bits per heavy atom. The van der Waals surface area contributed by atoms with E-state index in [1.54, 1.807) is 0 Å². The van der Waals surface area contributed by atoms with Crippen molar-refractivity contribution in [3.8, 4) is 0 Å². The second-order valence-corrected chi connectivity index (χ2v) is 6.42. The Morgan fingerprint density at radius 3 is 2.44 bits per heavy atom. The Balaban J connectivity index is 1.36. The van der Waals surface area contributed by atoms with Crippen molar-refractivity contribution in [2.24, 2.45) is 11.3 Å². The van der Waals surface area contributed by atoms with Gasteiger partial charge in [-0.3, -0.25) is 4.79 Å². The maximum absolute atomic E-state index is 12.0. The Bertz CT molecular complexity index is 315. The molecule has 0 bridgehead atoms. The highest BCUT2D eigenvalue weighted by atomic mass is 16.2. The van der Waals surface area contributed by atoms with Crippen LogP contribution in [0.3, 0.4) is 0 Å². The summed E-state index contributed by atoms with van der Waals surface area (Å²) < 4.78 is 0. The van der Waals surface area contributed by atoms with Crippen LogP contribution in [0.2, 0.25) is 0 Å². The molecule has 3 rings (SSSR count). The molecule has 4 heteroatoms. The second-order valence-electron chi connectivity index (χ2n) is 6.42. The Hall–Kier alpha value is -0.610. The van der Waals surface area contributed by atoms with Crippen LogP contribution in [0, 0.1) is 11.3 Å². The molecule has 3 aliphatic rings. The van der Waals surface area contributed by atoms with Crippen LogP contribution in [0.5, 0.6) is 0 Å². The van der Waals surface area contributed by atoms with Gasteiger partial charge in [-0.15, -0.1) is 0 Å². The zero-order valence-electron chi connectivity index (χ0n) is 11.5. The Kier molecular flexibility index (Phi) is 3.32. The summed E-state index contributed by atoms with van der Waals surface area (Å²) in [5.74, 6) is 1.26. The molecule has 3 fully saturated rings. The molecular formula is C14H25N3O. The molecule has 1 saturated heterocycles. The van der Waals surface area contributed by atoms with Gasteiger partial charge in [0.25, 0.3) is 0 Å². The van der Waals surface area contributed by atoms with E-state index in [1.165, 1.54) is 25.7 Å². The van der Waals surface area contributed by atoms with Crippen molar-refractivity contribution in [2.75, 3.05) is 46.3 Å². The first-order valence-corrected chi connectivity index (χ1v) is 7.37. The van der Waals surface area contributed by atoms with Crippen LogP contribution < -0.4 is 5.32 Å². The minimum Gasteiger partial charge on any atom is -0.339 e. The molecule has 0 aromatic rings. The van der Waals surface area contributed by atoms with Crippen LogP contribution in [0.25, 0.3) is 0 Å². The summed E-state index contributed by atoms with van der Waals surface area (Å²) in [5.41, 5.74) is 0.600. The van der Waals surface area contributed by atoms with E-state index in [9.17, 15) is 4.79 Å². The standard InChI is InChI=1S/C14H25N3O/c1-16-6-8-17(9-7-16)13(18)10-15-11-14(4-5-14)12-2-3-12/h12,15H,2-11H2,1H3. The fraction of sp³-hybridized carbons (Fsp3) is 0.929. The molecule has 0 aromatic carbocycles. The first-order valence-electron chi connectivity index (χ1n) is 7.37. The molecule has 1 amide bonds. The summed E-state index contributed by atoms with van der Waals surface area (Å²) in [5, 5.41) is 3.41. The van der Waals surface area contributed by atoms with Crippen LogP contribution in [0.1, 0.15) is 25.7 Å². The second kappa shape index (κ2) is 4.82. The molecule has 18 heavy (non-hydrogen) atoms. The maximum atomic E-state index is 12.0. The van der Waals surface area contributed by atoms with E-state index in [2.05, 4.69) is 17.3 Å². The minimum atomic E-state index is 0.287. The van der Waals surface area contributed by atoms with Crippen molar-refractivity contribution in [1.29, 1.82) is 0 Å². The number of rotatable bonds is 5. The summed E-state index contributed by atoms with van der Waals surface area (Å²) in [6, 6.07) is 0. The zero-order valence-corrected chi connectivity index (χ0v) is 11.5. The number of piperazine rings is 1. The molecule has 1 N–H and O–H groups in total. The van der Waals surface area contributed by atoms with Crippen LogP contribution in [0.4, 0.5) is 0 Å². The highest BCUT2D eigenvalue weighted by Crippen LogP contribution is 2.60. The lowest BCUT2D eigenvalue weighted by molar-refractivity contribution is -0.131. The van der Waals surface area contributed by atoms with Gasteiger partial charge in [-0.05, 0) is 44.1 Å². The van der Waals surface area contributed by atoms with Gasteiger partial charge in [-0.2, -0.15) is 0 Å². The van der Waals surface area contributed by atoms with Crippen LogP contribution in [-0.2, 0) is 4.79 Å². The third-order valence-electron chi connectivity index (χ3n) is 4.94. The Morgan fingerprint density at radius 2 is 1.89 bits per heavy atom. The highest BCUT2D eigenvalue weighted by molar-refractivity contribution is 5.78. The zero-order chi connectivity index (χ0) is 12.6. The molecule has 0 spiro atoms. The lowest BCUT2D eigenvalue weighted by atomic mass is 10.0. The van der Waals surface area contributed by atoms with Gasteiger partial charge in [-0.25, -0.2) is 0 Å². The lowest BCUT2D eigenvalue weighted by Crippen LogP contribution is -2.49. The highest BCUT2D eigenvalue weighted by Gasteiger charge is 2.53. The molecule has 0 aromatic heterocycles. The smallest absolute Gasteiger partial charge is 0.236 e. The molecule has 2 aliphatic carbocycles. The topological polar surface area (TPSA) is 35.6 Å². The number of likely N-dealkylation sites (N-methyl/N-ethyl adjacent to an activating group) is 1. The molecule has 0 unspecified atom stereocenters. The van der Waals surface area contributed by atoms with Gasteiger partial charge in [0.2, 0.25) is 5.91 Å². The number of hydrogen-bond acceptors (Lipinski definition) is 3. The van der Waals surface area contributed by atoms with Gasteiger partial charge in [0.1, 0.15) is 0 Å². The first-order chi connectivity index (χ1) is 8.70. The van der Waals surface area contributed by atoms with E-state index in [1.807, 2.05) is 4.90 Å². The predicted molar refractivity (Wildman–Crippen MR) is 71.3 cm³/mol. The van der Waals surface area contributed by atoms with Crippen LogP contribution in [-0.4, -0.2) is 62.0 Å². The van der Waals surface area contributed by atoms with E-state index in [0.29, 0.717) is 12.0 Å².